The van der Waals surface area contributed by atoms with E-state index >= 15 is 0 Å². The Hall–Kier alpha value is -3.15. The van der Waals surface area contributed by atoms with Crippen LogP contribution in [0.5, 0.6) is 0 Å². The highest BCUT2D eigenvalue weighted by Gasteiger charge is 2.22. The zero-order valence-corrected chi connectivity index (χ0v) is 15.3. The highest BCUT2D eigenvalue weighted by atomic mass is 16.4. The molecule has 0 radical (unpaired) electrons. The fourth-order valence-corrected chi connectivity index (χ4v) is 2.85. The van der Waals surface area contributed by atoms with Crippen LogP contribution in [0.25, 0.3) is 0 Å². The topological polar surface area (TPSA) is 86.7 Å². The molecule has 0 aliphatic carbocycles. The SMILES string of the molecule is CC(=O)NC(CC(=O)N(CCc1ccccc1)CC(=O)O)c1ccccc1. The Morgan fingerprint density at radius 1 is 1.00 bits per heavy atom. The van der Waals surface area contributed by atoms with Crippen molar-refractivity contribution in [1.29, 1.82) is 0 Å². The summed E-state index contributed by atoms with van der Waals surface area (Å²) in [5.41, 5.74) is 1.83. The summed E-state index contributed by atoms with van der Waals surface area (Å²) in [4.78, 5) is 36.8. The Bertz CT molecular complexity index is 762. The zero-order chi connectivity index (χ0) is 19.6. The van der Waals surface area contributed by atoms with E-state index in [0.717, 1.165) is 11.1 Å². The van der Waals surface area contributed by atoms with Gasteiger partial charge in [0.1, 0.15) is 6.54 Å². The largest absolute Gasteiger partial charge is 0.480 e. The van der Waals surface area contributed by atoms with E-state index in [0.29, 0.717) is 13.0 Å². The molecule has 2 rings (SSSR count). The molecule has 1 atom stereocenters. The molecule has 0 heterocycles. The Morgan fingerprint density at radius 3 is 2.15 bits per heavy atom. The fraction of sp³-hybridized carbons (Fsp3) is 0.286. The van der Waals surface area contributed by atoms with Gasteiger partial charge in [-0.2, -0.15) is 0 Å². The minimum Gasteiger partial charge on any atom is -0.480 e. The third-order valence-corrected chi connectivity index (χ3v) is 4.15. The summed E-state index contributed by atoms with van der Waals surface area (Å²) in [5, 5.41) is 11.9. The third kappa shape index (κ3) is 6.93. The Kier molecular flexibility index (Phi) is 7.55. The number of hydrogen-bond acceptors (Lipinski definition) is 3. The lowest BCUT2D eigenvalue weighted by Crippen LogP contribution is -2.39. The van der Waals surface area contributed by atoms with Crippen molar-refractivity contribution in [3.05, 3.63) is 71.8 Å². The van der Waals surface area contributed by atoms with Gasteiger partial charge in [0.15, 0.2) is 0 Å². The number of carbonyl (C=O) groups is 3. The predicted octanol–water partition coefficient (Wildman–Crippen LogP) is 2.41. The molecule has 2 aromatic carbocycles. The molecule has 1 unspecified atom stereocenters. The van der Waals surface area contributed by atoms with Crippen molar-refractivity contribution >= 4 is 17.8 Å². The molecule has 2 amide bonds. The lowest BCUT2D eigenvalue weighted by atomic mass is 10.0. The van der Waals surface area contributed by atoms with Crippen molar-refractivity contribution < 1.29 is 19.5 Å². The second-order valence-corrected chi connectivity index (χ2v) is 6.31. The van der Waals surface area contributed by atoms with Gasteiger partial charge in [0, 0.05) is 13.5 Å². The number of carbonyl (C=O) groups excluding carboxylic acids is 2. The van der Waals surface area contributed by atoms with Crippen molar-refractivity contribution in [1.82, 2.24) is 10.2 Å². The maximum absolute atomic E-state index is 12.8. The summed E-state index contributed by atoms with van der Waals surface area (Å²) in [7, 11) is 0. The van der Waals surface area contributed by atoms with Crippen LogP contribution in [0.15, 0.2) is 60.7 Å². The molecule has 142 valence electrons. The molecular formula is C21H24N2O4. The van der Waals surface area contributed by atoms with Crippen LogP contribution in [0.1, 0.15) is 30.5 Å². The third-order valence-electron chi connectivity index (χ3n) is 4.15. The van der Waals surface area contributed by atoms with Crippen LogP contribution < -0.4 is 5.32 Å². The lowest BCUT2D eigenvalue weighted by molar-refractivity contribution is -0.144. The van der Waals surface area contributed by atoms with E-state index in [1.165, 1.54) is 11.8 Å². The monoisotopic (exact) mass is 368 g/mol. The van der Waals surface area contributed by atoms with Gasteiger partial charge in [0.05, 0.1) is 12.5 Å². The van der Waals surface area contributed by atoms with Crippen LogP contribution in [-0.4, -0.2) is 40.9 Å². The fourth-order valence-electron chi connectivity index (χ4n) is 2.85. The van der Waals surface area contributed by atoms with E-state index in [4.69, 9.17) is 5.11 Å². The van der Waals surface area contributed by atoms with E-state index in [2.05, 4.69) is 5.32 Å². The van der Waals surface area contributed by atoms with Crippen LogP contribution in [0.4, 0.5) is 0 Å². The van der Waals surface area contributed by atoms with Gasteiger partial charge in [-0.3, -0.25) is 14.4 Å². The van der Waals surface area contributed by atoms with Crippen LogP contribution in [0, 0.1) is 0 Å². The smallest absolute Gasteiger partial charge is 0.323 e. The van der Waals surface area contributed by atoms with Gasteiger partial charge in [0.25, 0.3) is 0 Å². The second-order valence-electron chi connectivity index (χ2n) is 6.31. The quantitative estimate of drug-likeness (QED) is 0.712. The van der Waals surface area contributed by atoms with Gasteiger partial charge < -0.3 is 15.3 Å². The molecule has 2 N–H and O–H groups in total. The standard InChI is InChI=1S/C21H24N2O4/c1-16(24)22-19(18-10-6-3-7-11-18)14-20(25)23(15-21(26)27)13-12-17-8-4-2-5-9-17/h2-11,19H,12-15H2,1H3,(H,22,24)(H,26,27). The molecule has 0 bridgehead atoms. The van der Waals surface area contributed by atoms with E-state index in [9.17, 15) is 14.4 Å². The average molecular weight is 368 g/mol. The second kappa shape index (κ2) is 10.1. The van der Waals surface area contributed by atoms with Gasteiger partial charge >= 0.3 is 5.97 Å². The molecule has 0 aliphatic rings. The average Bonchev–Trinajstić information content (AvgIpc) is 2.65. The van der Waals surface area contributed by atoms with Crippen molar-refractivity contribution in [2.75, 3.05) is 13.1 Å². The molecule has 0 aliphatic heterocycles. The normalized spacial score (nSPS) is 11.4. The summed E-state index contributed by atoms with van der Waals surface area (Å²) in [6, 6.07) is 18.3. The number of nitrogens with one attached hydrogen (secondary N) is 1. The van der Waals surface area contributed by atoms with E-state index in [1.807, 2.05) is 60.7 Å². The molecular weight excluding hydrogens is 344 g/mol. The summed E-state index contributed by atoms with van der Waals surface area (Å²) >= 11 is 0. The lowest BCUT2D eigenvalue weighted by Gasteiger charge is -2.24. The molecule has 0 saturated carbocycles. The Balaban J connectivity index is 2.09. The highest BCUT2D eigenvalue weighted by Crippen LogP contribution is 2.18. The van der Waals surface area contributed by atoms with Crippen LogP contribution in [-0.2, 0) is 20.8 Å². The first-order valence-electron chi connectivity index (χ1n) is 8.81. The maximum Gasteiger partial charge on any atom is 0.323 e. The van der Waals surface area contributed by atoms with E-state index < -0.39 is 12.0 Å². The Labute approximate surface area is 158 Å². The first-order chi connectivity index (χ1) is 13.0. The van der Waals surface area contributed by atoms with Crippen molar-refractivity contribution in [2.45, 2.75) is 25.8 Å². The number of rotatable bonds is 9. The van der Waals surface area contributed by atoms with Crippen LogP contribution in [0.2, 0.25) is 0 Å². The minimum absolute atomic E-state index is 0.00562. The van der Waals surface area contributed by atoms with Gasteiger partial charge in [-0.25, -0.2) is 0 Å². The molecule has 27 heavy (non-hydrogen) atoms. The van der Waals surface area contributed by atoms with Crippen molar-refractivity contribution in [2.24, 2.45) is 0 Å². The van der Waals surface area contributed by atoms with Crippen molar-refractivity contribution in [3.8, 4) is 0 Å². The van der Waals surface area contributed by atoms with E-state index in [1.54, 1.807) is 0 Å². The number of amides is 2. The van der Waals surface area contributed by atoms with E-state index in [-0.39, 0.29) is 24.8 Å². The molecule has 0 aromatic heterocycles. The maximum atomic E-state index is 12.8. The molecule has 0 spiro atoms. The first kappa shape index (κ1) is 20.2. The minimum atomic E-state index is -1.06. The van der Waals surface area contributed by atoms with Gasteiger partial charge in [-0.15, -0.1) is 0 Å². The number of nitrogens with zero attached hydrogens (tertiary/aromatic N) is 1. The number of carboxylic acids is 1. The Morgan fingerprint density at radius 2 is 1.59 bits per heavy atom. The molecule has 2 aromatic rings. The van der Waals surface area contributed by atoms with Gasteiger partial charge in [0.2, 0.25) is 11.8 Å². The van der Waals surface area contributed by atoms with Crippen LogP contribution in [0.3, 0.4) is 0 Å². The summed E-state index contributed by atoms with van der Waals surface area (Å²) in [6.07, 6.45) is 0.571. The summed E-state index contributed by atoms with van der Waals surface area (Å²) in [6.45, 7) is 1.33. The van der Waals surface area contributed by atoms with Crippen LogP contribution >= 0.6 is 0 Å². The van der Waals surface area contributed by atoms with Crippen molar-refractivity contribution in [3.63, 3.8) is 0 Å². The number of carboxylic acid groups (broad SMARTS) is 1. The zero-order valence-electron chi connectivity index (χ0n) is 15.3. The molecule has 0 saturated heterocycles. The number of hydrogen-bond donors (Lipinski definition) is 2. The summed E-state index contributed by atoms with van der Waals surface area (Å²) < 4.78 is 0. The highest BCUT2D eigenvalue weighted by molar-refractivity contribution is 5.82. The van der Waals surface area contributed by atoms with Gasteiger partial charge in [-0.1, -0.05) is 60.7 Å². The molecule has 6 nitrogen and oxygen atoms in total. The predicted molar refractivity (Wildman–Crippen MR) is 102 cm³/mol. The summed E-state index contributed by atoms with van der Waals surface area (Å²) in [5.74, 6) is -1.62. The number of aliphatic carboxylic acids is 1. The molecule has 6 heteroatoms. The molecule has 0 fully saturated rings. The first-order valence-corrected chi connectivity index (χ1v) is 8.81. The number of benzene rings is 2. The van der Waals surface area contributed by atoms with Gasteiger partial charge in [-0.05, 0) is 17.5 Å².